The maximum Gasteiger partial charge on any atom is 0.354 e. The maximum absolute atomic E-state index is 12.9. The molecule has 26 heavy (non-hydrogen) atoms. The fourth-order valence-electron chi connectivity index (χ4n) is 3.60. The normalized spacial score (nSPS) is 20.8. The molecule has 1 aliphatic heterocycles. The molecule has 1 heterocycles. The third-order valence-electron chi connectivity index (χ3n) is 4.46. The monoisotopic (exact) mass is 358 g/mol. The lowest BCUT2D eigenvalue weighted by molar-refractivity contribution is -0.185. The number of benzene rings is 1. The highest BCUT2D eigenvalue weighted by Crippen LogP contribution is 2.38. The predicted octanol–water partition coefficient (Wildman–Crippen LogP) is 4.48. The second kappa shape index (κ2) is 6.90. The van der Waals surface area contributed by atoms with Gasteiger partial charge in [-0.1, -0.05) is 71.9 Å². The third-order valence-corrected chi connectivity index (χ3v) is 4.46. The molecule has 0 fully saturated rings. The van der Waals surface area contributed by atoms with Crippen LogP contribution >= 0.6 is 0 Å². The Kier molecular flexibility index (Phi) is 5.36. The summed E-state index contributed by atoms with van der Waals surface area (Å²) in [5, 5.41) is 0. The Balaban J connectivity index is 2.21. The first-order chi connectivity index (χ1) is 11.8. The molecule has 1 aromatic carbocycles. The molecule has 1 aliphatic rings. The maximum atomic E-state index is 12.9. The quantitative estimate of drug-likeness (QED) is 0.745. The minimum Gasteiger partial charge on any atom is -0.458 e. The summed E-state index contributed by atoms with van der Waals surface area (Å²) in [5.74, 6) is -0.986. The first-order valence-corrected chi connectivity index (χ1v) is 9.03. The molecule has 0 bridgehead atoms. The zero-order chi connectivity index (χ0) is 19.8. The highest BCUT2D eigenvalue weighted by molar-refractivity contribution is 5.98. The molecule has 0 unspecified atom stereocenters. The lowest BCUT2D eigenvalue weighted by atomic mass is 9.74. The van der Waals surface area contributed by atoms with Crippen LogP contribution in [0, 0.1) is 10.8 Å². The predicted molar refractivity (Wildman–Crippen MR) is 102 cm³/mol. The van der Waals surface area contributed by atoms with Crippen LogP contribution in [0.15, 0.2) is 42.0 Å². The minimum absolute atomic E-state index is 0.233. The Morgan fingerprint density at radius 1 is 1.08 bits per heavy atom. The molecule has 0 saturated heterocycles. The summed E-state index contributed by atoms with van der Waals surface area (Å²) in [5.41, 5.74) is -0.364. The van der Waals surface area contributed by atoms with Crippen molar-refractivity contribution in [1.82, 2.24) is 0 Å². The van der Waals surface area contributed by atoms with E-state index in [2.05, 4.69) is 0 Å². The van der Waals surface area contributed by atoms with Crippen LogP contribution in [0.5, 0.6) is 0 Å². The van der Waals surface area contributed by atoms with Crippen LogP contribution in [0.25, 0.3) is 0 Å². The van der Waals surface area contributed by atoms with Crippen LogP contribution in [0.2, 0.25) is 0 Å². The van der Waals surface area contributed by atoms with Crippen molar-refractivity contribution in [2.75, 3.05) is 0 Å². The molecule has 4 heteroatoms. The van der Waals surface area contributed by atoms with E-state index < -0.39 is 17.5 Å². The second-order valence-electron chi connectivity index (χ2n) is 9.35. The molecule has 0 N–H and O–H groups in total. The molecule has 4 nitrogen and oxygen atoms in total. The topological polar surface area (TPSA) is 52.6 Å². The van der Waals surface area contributed by atoms with Gasteiger partial charge in [0.05, 0.1) is 0 Å². The molecule has 0 saturated carbocycles. The van der Waals surface area contributed by atoms with Crippen molar-refractivity contribution in [2.24, 2.45) is 10.8 Å². The van der Waals surface area contributed by atoms with E-state index in [0.29, 0.717) is 12.0 Å². The molecule has 142 valence electrons. The van der Waals surface area contributed by atoms with E-state index in [-0.39, 0.29) is 16.9 Å². The van der Waals surface area contributed by atoms with E-state index in [4.69, 9.17) is 9.47 Å². The molecule has 0 spiro atoms. The van der Waals surface area contributed by atoms with Gasteiger partial charge in [0.15, 0.2) is 0 Å². The van der Waals surface area contributed by atoms with E-state index >= 15 is 0 Å². The fraction of sp³-hybridized carbons (Fsp3) is 0.545. The Labute approximate surface area is 156 Å². The summed E-state index contributed by atoms with van der Waals surface area (Å²) in [6.45, 7) is 13.8. The van der Waals surface area contributed by atoms with Crippen molar-refractivity contribution < 1.29 is 19.1 Å². The summed E-state index contributed by atoms with van der Waals surface area (Å²) >= 11 is 0. The van der Waals surface area contributed by atoms with Gasteiger partial charge in [-0.2, -0.15) is 0 Å². The summed E-state index contributed by atoms with van der Waals surface area (Å²) in [4.78, 5) is 25.2. The Hall–Kier alpha value is -2.10. The van der Waals surface area contributed by atoms with Crippen LogP contribution in [-0.2, 0) is 25.5 Å². The number of carbonyl (C=O) groups is 2. The molecule has 0 radical (unpaired) electrons. The van der Waals surface area contributed by atoms with Gasteiger partial charge in [-0.25, -0.2) is 9.59 Å². The smallest absolute Gasteiger partial charge is 0.354 e. The van der Waals surface area contributed by atoms with E-state index in [1.54, 1.807) is 13.0 Å². The molecule has 0 amide bonds. The number of hydrogen-bond donors (Lipinski definition) is 0. The van der Waals surface area contributed by atoms with Gasteiger partial charge in [-0.15, -0.1) is 0 Å². The van der Waals surface area contributed by atoms with Gasteiger partial charge in [0.25, 0.3) is 0 Å². The van der Waals surface area contributed by atoms with E-state index in [1.807, 2.05) is 71.9 Å². The molecule has 1 atom stereocenters. The van der Waals surface area contributed by atoms with Crippen LogP contribution < -0.4 is 0 Å². The highest BCUT2D eigenvalue weighted by atomic mass is 16.6. The van der Waals surface area contributed by atoms with Gasteiger partial charge in [0, 0.05) is 12.0 Å². The summed E-state index contributed by atoms with van der Waals surface area (Å²) in [7, 11) is 0. The molecule has 1 aromatic rings. The average Bonchev–Trinajstić information content (AvgIpc) is 2.78. The summed E-state index contributed by atoms with van der Waals surface area (Å²) in [6.07, 6.45) is 1.72. The van der Waals surface area contributed by atoms with Crippen molar-refractivity contribution in [2.45, 2.75) is 66.6 Å². The Morgan fingerprint density at radius 3 is 2.12 bits per heavy atom. The summed E-state index contributed by atoms with van der Waals surface area (Å²) < 4.78 is 11.3. The van der Waals surface area contributed by atoms with Crippen molar-refractivity contribution in [3.8, 4) is 0 Å². The van der Waals surface area contributed by atoms with Crippen molar-refractivity contribution in [3.63, 3.8) is 0 Å². The molecule has 0 aromatic heterocycles. The van der Waals surface area contributed by atoms with Crippen LogP contribution in [-0.4, -0.2) is 23.6 Å². The zero-order valence-corrected chi connectivity index (χ0v) is 16.9. The lowest BCUT2D eigenvalue weighted by Crippen LogP contribution is -2.47. The van der Waals surface area contributed by atoms with Gasteiger partial charge in [-0.3, -0.25) is 0 Å². The SMILES string of the molecule is CC(C)(C)C(OC(=O)[C@@]1(C)C=C(Cc2ccccc2)C(=O)O1)C(C)(C)C. The van der Waals surface area contributed by atoms with Crippen LogP contribution in [0.1, 0.15) is 54.0 Å². The number of cyclic esters (lactones) is 1. The Morgan fingerprint density at radius 2 is 1.62 bits per heavy atom. The van der Waals surface area contributed by atoms with Crippen molar-refractivity contribution in [3.05, 3.63) is 47.5 Å². The minimum atomic E-state index is -1.38. The van der Waals surface area contributed by atoms with E-state index in [1.165, 1.54) is 0 Å². The first kappa shape index (κ1) is 20.2. The average molecular weight is 358 g/mol. The van der Waals surface area contributed by atoms with Crippen molar-refractivity contribution >= 4 is 11.9 Å². The number of esters is 2. The second-order valence-corrected chi connectivity index (χ2v) is 9.35. The van der Waals surface area contributed by atoms with Gasteiger partial charge in [0.1, 0.15) is 6.10 Å². The number of carbonyl (C=O) groups excluding carboxylic acids is 2. The van der Waals surface area contributed by atoms with E-state index in [9.17, 15) is 9.59 Å². The zero-order valence-electron chi connectivity index (χ0n) is 16.9. The number of hydrogen-bond acceptors (Lipinski definition) is 4. The van der Waals surface area contributed by atoms with Gasteiger partial charge >= 0.3 is 11.9 Å². The third kappa shape index (κ3) is 4.54. The molecule has 0 aliphatic carbocycles. The number of rotatable bonds is 4. The van der Waals surface area contributed by atoms with Crippen LogP contribution in [0.4, 0.5) is 0 Å². The van der Waals surface area contributed by atoms with Gasteiger partial charge in [0.2, 0.25) is 5.60 Å². The molecule has 2 rings (SSSR count). The molecular formula is C22H30O4. The standard InChI is InChI=1S/C22H30O4/c1-20(2,3)18(21(4,5)6)25-19(24)22(7)14-16(17(23)26-22)13-15-11-9-8-10-12-15/h8-12,14,18H,13H2,1-7H3/t22-/m1/s1. The Bertz CT molecular complexity index is 690. The molecular weight excluding hydrogens is 328 g/mol. The highest BCUT2D eigenvalue weighted by Gasteiger charge is 2.47. The fourth-order valence-corrected chi connectivity index (χ4v) is 3.60. The van der Waals surface area contributed by atoms with Crippen LogP contribution in [0.3, 0.4) is 0 Å². The van der Waals surface area contributed by atoms with Gasteiger partial charge in [-0.05, 0) is 29.4 Å². The van der Waals surface area contributed by atoms with Gasteiger partial charge < -0.3 is 9.47 Å². The van der Waals surface area contributed by atoms with E-state index in [0.717, 1.165) is 5.56 Å². The number of ether oxygens (including phenoxy) is 2. The largest absolute Gasteiger partial charge is 0.458 e. The lowest BCUT2D eigenvalue weighted by Gasteiger charge is -2.40. The van der Waals surface area contributed by atoms with Crippen molar-refractivity contribution in [1.29, 1.82) is 0 Å². The summed E-state index contributed by atoms with van der Waals surface area (Å²) in [6, 6.07) is 9.64. The first-order valence-electron chi connectivity index (χ1n) is 9.03.